The van der Waals surface area contributed by atoms with Crippen LogP contribution in [0.1, 0.15) is 79.1 Å². The van der Waals surface area contributed by atoms with Crippen LogP contribution in [0.15, 0.2) is 59.7 Å². The Labute approximate surface area is 364 Å². The molecule has 0 aliphatic carbocycles. The molecule has 9 N–H and O–H groups in total. The first kappa shape index (κ1) is 45.4. The first-order chi connectivity index (χ1) is 30.6. The van der Waals surface area contributed by atoms with Crippen LogP contribution >= 0.6 is 0 Å². The second kappa shape index (κ2) is 19.4. The van der Waals surface area contributed by atoms with Gasteiger partial charge in [-0.3, -0.25) is 52.6 Å². The molecule has 2 aromatic heterocycles. The molecule has 0 saturated carbocycles. The molecule has 3 aliphatic heterocycles. The molecule has 2 fully saturated rings. The minimum absolute atomic E-state index is 0.0242. The highest BCUT2D eigenvalue weighted by molar-refractivity contribution is 7.85. The monoisotopic (exact) mass is 907 g/mol. The lowest BCUT2D eigenvalue weighted by atomic mass is 10.0. The van der Waals surface area contributed by atoms with E-state index in [1.54, 1.807) is 27.5 Å². The van der Waals surface area contributed by atoms with Crippen molar-refractivity contribution < 1.29 is 60.9 Å². The molecule has 2 aromatic carbocycles. The number of benzene rings is 2. The number of anilines is 2. The van der Waals surface area contributed by atoms with Gasteiger partial charge in [0, 0.05) is 55.6 Å². The van der Waals surface area contributed by atoms with E-state index in [0.717, 1.165) is 5.56 Å². The van der Waals surface area contributed by atoms with E-state index >= 15 is 0 Å². The maximum atomic E-state index is 13.1. The Morgan fingerprint density at radius 3 is 2.48 bits per heavy atom. The van der Waals surface area contributed by atoms with Gasteiger partial charge < -0.3 is 36.2 Å². The van der Waals surface area contributed by atoms with Crippen LogP contribution in [0.25, 0.3) is 11.2 Å². The number of H-pyrrole nitrogens is 1. The molecule has 24 heteroatoms. The van der Waals surface area contributed by atoms with Crippen LogP contribution in [-0.2, 0) is 56.3 Å². The number of imide groups is 1. The van der Waals surface area contributed by atoms with Gasteiger partial charge in [0.25, 0.3) is 17.4 Å². The Morgan fingerprint density at radius 1 is 0.953 bits per heavy atom. The number of unbranched alkanes of at least 4 members (excludes halogenated alkanes) is 2. The predicted molar refractivity (Wildman–Crippen MR) is 221 cm³/mol. The van der Waals surface area contributed by atoms with Crippen LogP contribution in [0.5, 0.6) is 0 Å². The molecule has 0 bridgehead atoms. The third kappa shape index (κ3) is 10.4. The summed E-state index contributed by atoms with van der Waals surface area (Å²) < 4.78 is 40.4. The number of nitrogens with two attached hydrogens (primary N) is 1. The summed E-state index contributed by atoms with van der Waals surface area (Å²) in [6.45, 7) is -0.251. The highest BCUT2D eigenvalue weighted by atomic mass is 32.2. The van der Waals surface area contributed by atoms with Gasteiger partial charge in [-0.2, -0.15) is 8.42 Å². The molecule has 5 unspecified atom stereocenters. The molecule has 6 amide bonds. The fourth-order valence-electron chi connectivity index (χ4n) is 7.78. The Morgan fingerprint density at radius 2 is 1.72 bits per heavy atom. The number of fused-ring (bicyclic) bond motifs is 2. The van der Waals surface area contributed by atoms with Crippen molar-refractivity contribution in [1.29, 1.82) is 0 Å². The van der Waals surface area contributed by atoms with Crippen molar-refractivity contribution in [2.24, 2.45) is 0 Å². The number of aromatic nitrogens is 4. The minimum atomic E-state index is -4.75. The summed E-state index contributed by atoms with van der Waals surface area (Å²) >= 11 is 0. The number of carbonyl (C=O) groups excluding carboxylic acids is 6. The van der Waals surface area contributed by atoms with Crippen molar-refractivity contribution >= 4 is 68.5 Å². The normalized spacial score (nSPS) is 20.9. The predicted octanol–water partition coefficient (Wildman–Crippen LogP) is -1.50. The van der Waals surface area contributed by atoms with Crippen molar-refractivity contribution in [3.8, 4) is 0 Å². The average Bonchev–Trinajstić information content (AvgIpc) is 3.87. The van der Waals surface area contributed by atoms with Gasteiger partial charge >= 0.3 is 16.0 Å². The summed E-state index contributed by atoms with van der Waals surface area (Å²) in [4.78, 5) is 95.5. The Balaban J connectivity index is 0.801. The zero-order valence-electron chi connectivity index (χ0n) is 34.2. The number of aliphatic hydroxyl groups excluding tert-OH is 2. The molecule has 5 atom stereocenters. The van der Waals surface area contributed by atoms with Crippen molar-refractivity contribution in [1.82, 2.24) is 34.8 Å². The first-order valence-electron chi connectivity index (χ1n) is 20.5. The Kier molecular flexibility index (Phi) is 13.8. The van der Waals surface area contributed by atoms with E-state index < -0.39 is 77.2 Å². The summed E-state index contributed by atoms with van der Waals surface area (Å²) in [5, 5.41) is 29.4. The number of piperidine rings is 1. The average molecular weight is 908 g/mol. The van der Waals surface area contributed by atoms with E-state index in [4.69, 9.17) is 14.7 Å². The number of imidazole rings is 1. The molecule has 4 aromatic rings. The van der Waals surface area contributed by atoms with Crippen LogP contribution in [0.4, 0.5) is 11.6 Å². The van der Waals surface area contributed by atoms with Gasteiger partial charge in [-0.05, 0) is 37.0 Å². The summed E-state index contributed by atoms with van der Waals surface area (Å²) in [7, 11) is -4.75. The van der Waals surface area contributed by atoms with E-state index in [-0.39, 0.29) is 80.2 Å². The fraction of sp³-hybridized carbons (Fsp3) is 0.425. The number of carbonyl (C=O) groups is 6. The molecule has 2 saturated heterocycles. The number of hydrogen-bond acceptors (Lipinski definition) is 15. The molecule has 3 aliphatic rings. The molecular weight excluding hydrogens is 861 g/mol. The lowest BCUT2D eigenvalue weighted by Gasteiger charge is -2.29. The Bertz CT molecular complexity index is 2640. The fourth-order valence-corrected chi connectivity index (χ4v) is 8.53. The zero-order valence-corrected chi connectivity index (χ0v) is 35.0. The van der Waals surface area contributed by atoms with E-state index in [1.165, 1.54) is 15.8 Å². The molecule has 340 valence electrons. The first-order valence-corrected chi connectivity index (χ1v) is 21.9. The molecular formula is C40H47N10O13S+. The summed E-state index contributed by atoms with van der Waals surface area (Å²) in [6, 6.07) is 13.3. The van der Waals surface area contributed by atoms with Gasteiger partial charge in [0.2, 0.25) is 41.3 Å². The highest BCUT2D eigenvalue weighted by Gasteiger charge is 2.48. The number of rotatable bonds is 18. The maximum absolute atomic E-state index is 13.1. The molecule has 0 spiro atoms. The van der Waals surface area contributed by atoms with E-state index in [1.807, 2.05) is 30.3 Å². The third-order valence-corrected chi connectivity index (χ3v) is 11.9. The minimum Gasteiger partial charge on any atom is -0.387 e. The van der Waals surface area contributed by atoms with Crippen molar-refractivity contribution in [3.63, 3.8) is 0 Å². The van der Waals surface area contributed by atoms with Crippen LogP contribution in [0, 0.1) is 0 Å². The summed E-state index contributed by atoms with van der Waals surface area (Å²) in [6.07, 6.45) is -3.42. The lowest BCUT2D eigenvalue weighted by molar-refractivity contribution is -0.745. The van der Waals surface area contributed by atoms with Crippen molar-refractivity contribution in [2.45, 2.75) is 95.0 Å². The number of amides is 6. The number of aliphatic hydroxyl groups is 2. The number of nitrogens with zero attached hydrogens (tertiary/aromatic N) is 4. The highest BCUT2D eigenvalue weighted by Crippen LogP contribution is 2.33. The largest absolute Gasteiger partial charge is 0.387 e. The molecule has 64 heavy (non-hydrogen) atoms. The van der Waals surface area contributed by atoms with Gasteiger partial charge in [0.15, 0.2) is 6.33 Å². The molecule has 5 heterocycles. The van der Waals surface area contributed by atoms with Crippen molar-refractivity contribution in [3.05, 3.63) is 81.9 Å². The molecule has 0 radical (unpaired) electrons. The maximum Gasteiger partial charge on any atom is 0.362 e. The van der Waals surface area contributed by atoms with E-state index in [2.05, 4.69) is 25.9 Å². The number of nitrogen functional groups attached to an aromatic ring is 1. The van der Waals surface area contributed by atoms with Crippen molar-refractivity contribution in [2.75, 3.05) is 24.2 Å². The second-order valence-electron chi connectivity index (χ2n) is 15.5. The number of nitrogens with one attached hydrogen (secondary N) is 5. The SMILES string of the molecule is Nc1nc2c(c(=O)[nH]1)n(Cc1ccccc1)c[n+]2C1OC(COS(=O)(=O)NC(=O)CCC(=O)NCCCCCC(=O)Nc2cccc3c2CN(C2CCC(=O)NC2=O)C3=O)C(O)C1O. The van der Waals surface area contributed by atoms with E-state index in [0.29, 0.717) is 36.1 Å². The lowest BCUT2D eigenvalue weighted by Crippen LogP contribution is -2.52. The molecule has 7 rings (SSSR count). The van der Waals surface area contributed by atoms with Gasteiger partial charge in [0.1, 0.15) is 24.4 Å². The smallest absolute Gasteiger partial charge is 0.362 e. The zero-order chi connectivity index (χ0) is 45.7. The van der Waals surface area contributed by atoms with Crippen LogP contribution < -0.4 is 36.5 Å². The van der Waals surface area contributed by atoms with Gasteiger partial charge in [0.05, 0.1) is 13.2 Å². The van der Waals surface area contributed by atoms with Crippen LogP contribution in [0.2, 0.25) is 0 Å². The van der Waals surface area contributed by atoms with Gasteiger partial charge in [-0.1, -0.05) is 47.8 Å². The number of hydrogen-bond donors (Lipinski definition) is 8. The second-order valence-corrected chi connectivity index (χ2v) is 16.9. The van der Waals surface area contributed by atoms with Crippen LogP contribution in [-0.4, -0.2) is 111 Å². The number of ether oxygens (including phenoxy) is 1. The summed E-state index contributed by atoms with van der Waals surface area (Å²) in [5.74, 6) is -3.34. The third-order valence-electron chi connectivity index (χ3n) is 11.0. The Hall–Kier alpha value is -6.60. The summed E-state index contributed by atoms with van der Waals surface area (Å²) in [5.41, 5.74) is 7.60. The van der Waals surface area contributed by atoms with Gasteiger partial charge in [-0.15, -0.1) is 0 Å². The number of aromatic amines is 1. The van der Waals surface area contributed by atoms with Gasteiger partial charge in [-0.25, -0.2) is 9.29 Å². The van der Waals surface area contributed by atoms with Crippen LogP contribution in [0.3, 0.4) is 0 Å². The standard InChI is InChI=1S/C40H46N10O13S/c41-40-45-35-32(37(58)46-40)48(18-22-8-3-1-4-9-22)21-50(35)39-34(56)33(55)27(63-39)20-62-64(60,61)47-31(54)16-15-28(51)42-17-6-2-5-12-29(52)43-25-11-7-10-23-24(25)19-49(38(23)59)26-13-14-30(53)44-36(26)57/h1,3-4,7-11,21,26-27,33-34,39,55-56H,2,5-6,12-20H2,(H6-,41,42,43,44,45,46,47,51,52,53,54,57,58)/p+1. The van der Waals surface area contributed by atoms with E-state index in [9.17, 15) is 52.2 Å². The molecule has 23 nitrogen and oxygen atoms in total. The topological polar surface area (TPSA) is 327 Å². The quantitative estimate of drug-likeness (QED) is 0.0320.